The van der Waals surface area contributed by atoms with Gasteiger partial charge in [-0.3, -0.25) is 4.98 Å². The molecule has 2 N–H and O–H groups in total. The zero-order chi connectivity index (χ0) is 14.8. The van der Waals surface area contributed by atoms with Crippen LogP contribution < -0.4 is 10.5 Å². The molecule has 0 fully saturated rings. The van der Waals surface area contributed by atoms with E-state index in [2.05, 4.69) is 10.1 Å². The Morgan fingerprint density at radius 2 is 1.86 bits per heavy atom. The van der Waals surface area contributed by atoms with Crippen LogP contribution in [0, 0.1) is 6.92 Å². The maximum Gasteiger partial charge on any atom is 0.230 e. The summed E-state index contributed by atoms with van der Waals surface area (Å²) in [6.45, 7) is 1.99. The number of nitrogen functional groups attached to an aromatic ring is 1. The highest BCUT2D eigenvalue weighted by molar-refractivity contribution is 5.87. The lowest BCUT2D eigenvalue weighted by atomic mass is 10.00. The number of aromatic nitrogens is 2. The molecule has 0 aliphatic rings. The number of nitrogens with zero attached hydrogens (tertiary/aromatic N) is 2. The highest BCUT2D eigenvalue weighted by atomic mass is 16.5. The van der Waals surface area contributed by atoms with Crippen molar-refractivity contribution in [3.63, 3.8) is 0 Å². The Labute approximate surface area is 122 Å². The van der Waals surface area contributed by atoms with E-state index in [0.717, 1.165) is 28.0 Å². The van der Waals surface area contributed by atoms with Crippen LogP contribution in [0.15, 0.2) is 47.2 Å². The standard InChI is InChI=1S/C16H15N3O2/c1-10-3-4-12(9-13(10)20-2)14-15(19-21-16(14)17)11-5-7-18-8-6-11/h3-9H,17H2,1-2H3. The summed E-state index contributed by atoms with van der Waals surface area (Å²) in [7, 11) is 1.65. The van der Waals surface area contributed by atoms with Crippen molar-refractivity contribution in [3.8, 4) is 28.1 Å². The van der Waals surface area contributed by atoms with Crippen molar-refractivity contribution in [2.45, 2.75) is 6.92 Å². The van der Waals surface area contributed by atoms with E-state index in [1.165, 1.54) is 0 Å². The van der Waals surface area contributed by atoms with E-state index >= 15 is 0 Å². The molecular weight excluding hydrogens is 266 g/mol. The molecule has 2 heterocycles. The molecule has 0 amide bonds. The van der Waals surface area contributed by atoms with Crippen molar-refractivity contribution in [2.24, 2.45) is 0 Å². The molecule has 0 spiro atoms. The van der Waals surface area contributed by atoms with Crippen LogP contribution in [-0.2, 0) is 0 Å². The van der Waals surface area contributed by atoms with Gasteiger partial charge in [-0.1, -0.05) is 17.3 Å². The Bertz CT molecular complexity index is 766. The number of benzene rings is 1. The first kappa shape index (κ1) is 13.2. The van der Waals surface area contributed by atoms with Gasteiger partial charge in [0.1, 0.15) is 11.4 Å². The third-order valence-electron chi connectivity index (χ3n) is 3.37. The number of pyridine rings is 1. The smallest absolute Gasteiger partial charge is 0.230 e. The quantitative estimate of drug-likeness (QED) is 0.797. The SMILES string of the molecule is COc1cc(-c2c(-c3ccncc3)noc2N)ccc1C. The number of anilines is 1. The second kappa shape index (κ2) is 5.28. The third kappa shape index (κ3) is 2.33. The van der Waals surface area contributed by atoms with E-state index < -0.39 is 0 Å². The Morgan fingerprint density at radius 1 is 1.10 bits per heavy atom. The maximum absolute atomic E-state index is 5.95. The van der Waals surface area contributed by atoms with Crippen molar-refractivity contribution in [3.05, 3.63) is 48.3 Å². The van der Waals surface area contributed by atoms with Crippen molar-refractivity contribution >= 4 is 5.88 Å². The predicted molar refractivity (Wildman–Crippen MR) is 80.9 cm³/mol. The lowest BCUT2D eigenvalue weighted by Gasteiger charge is -2.08. The fraction of sp³-hybridized carbons (Fsp3) is 0.125. The molecule has 5 nitrogen and oxygen atoms in total. The summed E-state index contributed by atoms with van der Waals surface area (Å²) in [5, 5.41) is 4.07. The van der Waals surface area contributed by atoms with Crippen LogP contribution in [0.1, 0.15) is 5.56 Å². The highest BCUT2D eigenvalue weighted by Gasteiger charge is 2.18. The van der Waals surface area contributed by atoms with Gasteiger partial charge in [-0.25, -0.2) is 0 Å². The van der Waals surface area contributed by atoms with Gasteiger partial charge in [0, 0.05) is 18.0 Å². The zero-order valence-electron chi connectivity index (χ0n) is 11.8. The van der Waals surface area contributed by atoms with E-state index in [9.17, 15) is 0 Å². The first-order chi connectivity index (χ1) is 10.2. The van der Waals surface area contributed by atoms with E-state index in [4.69, 9.17) is 15.0 Å². The molecule has 0 aliphatic heterocycles. The summed E-state index contributed by atoms with van der Waals surface area (Å²) in [6.07, 6.45) is 3.42. The summed E-state index contributed by atoms with van der Waals surface area (Å²) in [4.78, 5) is 4.01. The van der Waals surface area contributed by atoms with Crippen molar-refractivity contribution in [2.75, 3.05) is 12.8 Å². The molecule has 0 bridgehead atoms. The summed E-state index contributed by atoms with van der Waals surface area (Å²) >= 11 is 0. The molecule has 0 aliphatic carbocycles. The van der Waals surface area contributed by atoms with Crippen LogP contribution in [0.2, 0.25) is 0 Å². The van der Waals surface area contributed by atoms with Gasteiger partial charge in [0.2, 0.25) is 5.88 Å². The largest absolute Gasteiger partial charge is 0.496 e. The number of rotatable bonds is 3. The van der Waals surface area contributed by atoms with Gasteiger partial charge >= 0.3 is 0 Å². The number of nitrogens with two attached hydrogens (primary N) is 1. The molecule has 3 aromatic rings. The lowest BCUT2D eigenvalue weighted by Crippen LogP contribution is -1.91. The minimum atomic E-state index is 0.285. The van der Waals surface area contributed by atoms with Gasteiger partial charge in [-0.15, -0.1) is 0 Å². The molecule has 0 radical (unpaired) electrons. The normalized spacial score (nSPS) is 10.6. The summed E-state index contributed by atoms with van der Waals surface area (Å²) in [5.74, 6) is 1.08. The second-order valence-electron chi connectivity index (χ2n) is 4.69. The summed E-state index contributed by atoms with van der Waals surface area (Å²) < 4.78 is 10.5. The molecule has 0 unspecified atom stereocenters. The number of aryl methyl sites for hydroxylation is 1. The topological polar surface area (TPSA) is 74.2 Å². The van der Waals surface area contributed by atoms with E-state index in [1.807, 2.05) is 37.3 Å². The monoisotopic (exact) mass is 281 g/mol. The number of hydrogen-bond donors (Lipinski definition) is 1. The third-order valence-corrected chi connectivity index (χ3v) is 3.37. The second-order valence-corrected chi connectivity index (χ2v) is 4.69. The zero-order valence-corrected chi connectivity index (χ0v) is 11.8. The fourth-order valence-corrected chi connectivity index (χ4v) is 2.26. The predicted octanol–water partition coefficient (Wildman–Crippen LogP) is 3.30. The van der Waals surface area contributed by atoms with E-state index in [0.29, 0.717) is 5.69 Å². The first-order valence-corrected chi connectivity index (χ1v) is 6.51. The maximum atomic E-state index is 5.95. The van der Waals surface area contributed by atoms with Crippen LogP contribution >= 0.6 is 0 Å². The van der Waals surface area contributed by atoms with Crippen molar-refractivity contribution < 1.29 is 9.26 Å². The average Bonchev–Trinajstić information content (AvgIpc) is 2.90. The minimum absolute atomic E-state index is 0.285. The molecule has 2 aromatic heterocycles. The average molecular weight is 281 g/mol. The number of methoxy groups -OCH3 is 1. The Morgan fingerprint density at radius 3 is 2.57 bits per heavy atom. The van der Waals surface area contributed by atoms with Crippen molar-refractivity contribution in [1.82, 2.24) is 10.1 Å². The summed E-state index contributed by atoms with van der Waals surface area (Å²) in [5.41, 5.74) is 10.3. The molecular formula is C16H15N3O2. The highest BCUT2D eigenvalue weighted by Crippen LogP contribution is 2.37. The minimum Gasteiger partial charge on any atom is -0.496 e. The fourth-order valence-electron chi connectivity index (χ4n) is 2.26. The van der Waals surface area contributed by atoms with Gasteiger partial charge in [0.15, 0.2) is 0 Å². The van der Waals surface area contributed by atoms with Crippen LogP contribution in [0.4, 0.5) is 5.88 Å². The molecule has 106 valence electrons. The Balaban J connectivity index is 2.17. The molecule has 3 rings (SSSR count). The molecule has 0 saturated carbocycles. The van der Waals surface area contributed by atoms with Gasteiger partial charge < -0.3 is 15.0 Å². The van der Waals surface area contributed by atoms with Crippen LogP contribution in [0.3, 0.4) is 0 Å². The number of hydrogen-bond acceptors (Lipinski definition) is 5. The Hall–Kier alpha value is -2.82. The van der Waals surface area contributed by atoms with Gasteiger partial charge in [0.05, 0.1) is 12.7 Å². The molecule has 0 saturated heterocycles. The van der Waals surface area contributed by atoms with Gasteiger partial charge in [-0.05, 0) is 36.2 Å². The summed E-state index contributed by atoms with van der Waals surface area (Å²) in [6, 6.07) is 9.63. The molecule has 0 atom stereocenters. The molecule has 5 heteroatoms. The Kier molecular flexibility index (Phi) is 3.31. The van der Waals surface area contributed by atoms with E-state index in [-0.39, 0.29) is 5.88 Å². The van der Waals surface area contributed by atoms with Crippen LogP contribution in [0.25, 0.3) is 22.4 Å². The van der Waals surface area contributed by atoms with Crippen molar-refractivity contribution in [1.29, 1.82) is 0 Å². The first-order valence-electron chi connectivity index (χ1n) is 6.51. The van der Waals surface area contributed by atoms with Gasteiger partial charge in [-0.2, -0.15) is 0 Å². The molecule has 21 heavy (non-hydrogen) atoms. The number of ether oxygens (including phenoxy) is 1. The van der Waals surface area contributed by atoms with Crippen LogP contribution in [-0.4, -0.2) is 17.3 Å². The molecule has 1 aromatic carbocycles. The van der Waals surface area contributed by atoms with Crippen LogP contribution in [0.5, 0.6) is 5.75 Å². The van der Waals surface area contributed by atoms with Gasteiger partial charge in [0.25, 0.3) is 0 Å². The lowest BCUT2D eigenvalue weighted by molar-refractivity contribution is 0.412. The van der Waals surface area contributed by atoms with E-state index in [1.54, 1.807) is 19.5 Å².